The molecule has 0 aliphatic carbocycles. The summed E-state index contributed by atoms with van der Waals surface area (Å²) in [6.45, 7) is 9.39. The molecule has 4 heteroatoms. The van der Waals surface area contributed by atoms with Gasteiger partial charge in [0.2, 0.25) is 0 Å². The summed E-state index contributed by atoms with van der Waals surface area (Å²) in [4.78, 5) is 6.29. The van der Waals surface area contributed by atoms with Crippen molar-refractivity contribution in [2.45, 2.75) is 58.4 Å². The van der Waals surface area contributed by atoms with Crippen LogP contribution in [0.2, 0.25) is 0 Å². The normalized spacial score (nSPS) is 24.4. The Hall–Kier alpha value is -0.450. The summed E-state index contributed by atoms with van der Waals surface area (Å²) >= 11 is 1.87. The summed E-state index contributed by atoms with van der Waals surface area (Å²) < 4.78 is 5.65. The smallest absolute Gasteiger partial charge is 0.113 e. The predicted molar refractivity (Wildman–Crippen MR) is 80.9 cm³/mol. The average molecular weight is 282 g/mol. The van der Waals surface area contributed by atoms with Crippen molar-refractivity contribution in [1.29, 1.82) is 0 Å². The van der Waals surface area contributed by atoms with E-state index in [-0.39, 0.29) is 5.54 Å². The van der Waals surface area contributed by atoms with Crippen LogP contribution in [0.1, 0.15) is 55.1 Å². The number of nitrogens with one attached hydrogen (secondary N) is 1. The highest BCUT2D eigenvalue weighted by molar-refractivity contribution is 7.11. The second-order valence-electron chi connectivity index (χ2n) is 5.35. The summed E-state index contributed by atoms with van der Waals surface area (Å²) in [5, 5.41) is 5.05. The molecular weight excluding hydrogens is 256 g/mol. The first-order valence-corrected chi connectivity index (χ1v) is 8.33. The highest BCUT2D eigenvalue weighted by Crippen LogP contribution is 2.36. The van der Waals surface area contributed by atoms with Crippen LogP contribution in [-0.2, 0) is 16.7 Å². The fourth-order valence-electron chi connectivity index (χ4n) is 2.74. The van der Waals surface area contributed by atoms with E-state index in [1.807, 2.05) is 11.3 Å². The summed E-state index contributed by atoms with van der Waals surface area (Å²) in [5.74, 6) is 0. The zero-order valence-electron chi connectivity index (χ0n) is 12.4. The minimum Gasteiger partial charge on any atom is -0.381 e. The van der Waals surface area contributed by atoms with E-state index >= 15 is 0 Å². The lowest BCUT2D eigenvalue weighted by molar-refractivity contribution is 0.136. The molecule has 0 saturated carbocycles. The number of rotatable bonds is 5. The van der Waals surface area contributed by atoms with Gasteiger partial charge in [-0.3, -0.25) is 0 Å². The van der Waals surface area contributed by atoms with Crippen molar-refractivity contribution in [1.82, 2.24) is 10.3 Å². The van der Waals surface area contributed by atoms with Gasteiger partial charge in [0.1, 0.15) is 5.01 Å². The summed E-state index contributed by atoms with van der Waals surface area (Å²) in [6, 6.07) is 0. The van der Waals surface area contributed by atoms with Gasteiger partial charge in [-0.15, -0.1) is 11.3 Å². The molecule has 1 aliphatic rings. The van der Waals surface area contributed by atoms with Gasteiger partial charge in [0.25, 0.3) is 0 Å². The summed E-state index contributed by atoms with van der Waals surface area (Å²) in [7, 11) is 0. The van der Waals surface area contributed by atoms with Crippen molar-refractivity contribution in [3.8, 4) is 0 Å². The van der Waals surface area contributed by atoms with E-state index in [0.717, 1.165) is 51.9 Å². The molecular formula is C15H26N2OS. The maximum absolute atomic E-state index is 5.65. The van der Waals surface area contributed by atoms with Crippen LogP contribution in [0, 0.1) is 6.92 Å². The Morgan fingerprint density at radius 2 is 2.16 bits per heavy atom. The molecule has 0 aromatic carbocycles. The molecule has 108 valence electrons. The van der Waals surface area contributed by atoms with Crippen molar-refractivity contribution < 1.29 is 4.74 Å². The first kappa shape index (κ1) is 14.9. The van der Waals surface area contributed by atoms with E-state index < -0.39 is 0 Å². The van der Waals surface area contributed by atoms with E-state index in [4.69, 9.17) is 9.72 Å². The Labute approximate surface area is 120 Å². The molecule has 2 rings (SSSR count). The molecule has 1 aromatic rings. The molecule has 0 radical (unpaired) electrons. The predicted octanol–water partition coefficient (Wildman–Crippen LogP) is 3.41. The Morgan fingerprint density at radius 1 is 1.32 bits per heavy atom. The molecule has 19 heavy (non-hydrogen) atoms. The third kappa shape index (κ3) is 3.36. The van der Waals surface area contributed by atoms with Gasteiger partial charge in [0.15, 0.2) is 0 Å². The molecule has 0 bridgehead atoms. The van der Waals surface area contributed by atoms with Crippen LogP contribution < -0.4 is 5.32 Å². The summed E-state index contributed by atoms with van der Waals surface area (Å²) in [6.07, 6.45) is 5.50. The van der Waals surface area contributed by atoms with Gasteiger partial charge in [-0.1, -0.05) is 13.8 Å². The monoisotopic (exact) mass is 282 g/mol. The third-order valence-corrected chi connectivity index (χ3v) is 5.13. The van der Waals surface area contributed by atoms with Crippen LogP contribution in [0.3, 0.4) is 0 Å². The molecule has 3 nitrogen and oxygen atoms in total. The number of aryl methyl sites for hydroxylation is 2. The first-order chi connectivity index (χ1) is 9.22. The highest BCUT2D eigenvalue weighted by Gasteiger charge is 2.35. The molecule has 1 fully saturated rings. The van der Waals surface area contributed by atoms with Crippen LogP contribution in [0.25, 0.3) is 0 Å². The van der Waals surface area contributed by atoms with Crippen LogP contribution in [0.5, 0.6) is 0 Å². The molecule has 1 saturated heterocycles. The molecule has 2 heterocycles. The van der Waals surface area contributed by atoms with Gasteiger partial charge in [-0.25, -0.2) is 4.98 Å². The number of hydrogen-bond acceptors (Lipinski definition) is 4. The lowest BCUT2D eigenvalue weighted by Crippen LogP contribution is -2.43. The topological polar surface area (TPSA) is 34.2 Å². The van der Waals surface area contributed by atoms with Gasteiger partial charge >= 0.3 is 0 Å². The molecule has 1 aromatic heterocycles. The molecule has 1 N–H and O–H groups in total. The standard InChI is InChI=1S/C15H26N2OS/c1-4-9-16-15(7-6-10-18-11-8-15)14-17-13(5-2)12(3)19-14/h16H,4-11H2,1-3H3. The van der Waals surface area contributed by atoms with Crippen LogP contribution in [0.15, 0.2) is 0 Å². The fourth-order valence-corrected chi connectivity index (χ4v) is 3.97. The molecule has 0 amide bonds. The minimum absolute atomic E-state index is 0.0509. The van der Waals surface area contributed by atoms with Gasteiger partial charge < -0.3 is 10.1 Å². The Balaban J connectivity index is 2.28. The number of ether oxygens (including phenoxy) is 1. The van der Waals surface area contributed by atoms with Crippen molar-refractivity contribution >= 4 is 11.3 Å². The SMILES string of the molecule is CCCNC1(c2nc(CC)c(C)s2)CCCOCC1. The van der Waals surface area contributed by atoms with E-state index in [9.17, 15) is 0 Å². The minimum atomic E-state index is 0.0509. The van der Waals surface area contributed by atoms with Gasteiger partial charge in [0.05, 0.1) is 11.2 Å². The Kier molecular flexibility index (Phi) is 5.37. The number of thiazole rings is 1. The van der Waals surface area contributed by atoms with Gasteiger partial charge in [-0.2, -0.15) is 0 Å². The zero-order chi connectivity index (χ0) is 13.7. The van der Waals surface area contributed by atoms with E-state index in [1.165, 1.54) is 15.6 Å². The summed E-state index contributed by atoms with van der Waals surface area (Å²) in [5.41, 5.74) is 1.32. The second-order valence-corrected chi connectivity index (χ2v) is 6.55. The van der Waals surface area contributed by atoms with Crippen LogP contribution in [-0.4, -0.2) is 24.7 Å². The molecule has 1 atom stereocenters. The van der Waals surface area contributed by atoms with Crippen molar-refractivity contribution in [2.24, 2.45) is 0 Å². The van der Waals surface area contributed by atoms with Gasteiger partial charge in [-0.05, 0) is 45.6 Å². The maximum atomic E-state index is 5.65. The maximum Gasteiger partial charge on any atom is 0.113 e. The first-order valence-electron chi connectivity index (χ1n) is 7.51. The lowest BCUT2D eigenvalue weighted by atomic mass is 9.91. The lowest BCUT2D eigenvalue weighted by Gasteiger charge is -2.31. The average Bonchev–Trinajstić information content (AvgIpc) is 2.65. The number of aromatic nitrogens is 1. The van der Waals surface area contributed by atoms with Crippen LogP contribution in [0.4, 0.5) is 0 Å². The van der Waals surface area contributed by atoms with Crippen LogP contribution >= 0.6 is 11.3 Å². The Bertz CT molecular complexity index is 395. The molecule has 1 unspecified atom stereocenters. The molecule has 0 spiro atoms. The number of hydrogen-bond donors (Lipinski definition) is 1. The third-order valence-electron chi connectivity index (χ3n) is 3.92. The second kappa shape index (κ2) is 6.82. The van der Waals surface area contributed by atoms with E-state index in [1.54, 1.807) is 0 Å². The quantitative estimate of drug-likeness (QED) is 0.898. The molecule has 1 aliphatic heterocycles. The number of nitrogens with zero attached hydrogens (tertiary/aromatic N) is 1. The van der Waals surface area contributed by atoms with E-state index in [2.05, 4.69) is 26.1 Å². The van der Waals surface area contributed by atoms with Crippen molar-refractivity contribution in [2.75, 3.05) is 19.8 Å². The van der Waals surface area contributed by atoms with Crippen molar-refractivity contribution in [3.05, 3.63) is 15.6 Å². The zero-order valence-corrected chi connectivity index (χ0v) is 13.2. The fraction of sp³-hybridized carbons (Fsp3) is 0.800. The largest absolute Gasteiger partial charge is 0.381 e. The van der Waals surface area contributed by atoms with Gasteiger partial charge in [0, 0.05) is 18.1 Å². The Morgan fingerprint density at radius 3 is 2.84 bits per heavy atom. The van der Waals surface area contributed by atoms with E-state index in [0.29, 0.717) is 0 Å². The van der Waals surface area contributed by atoms with Crippen molar-refractivity contribution in [3.63, 3.8) is 0 Å². The highest BCUT2D eigenvalue weighted by atomic mass is 32.1.